The Kier molecular flexibility index (Phi) is 3.47. The normalized spacial score (nSPS) is 10.0. The first-order chi connectivity index (χ1) is 8.20. The van der Waals surface area contributed by atoms with Gasteiger partial charge >= 0.3 is 0 Å². The number of halogens is 1. The molecule has 1 aromatic carbocycles. The molecule has 0 aliphatic heterocycles. The predicted molar refractivity (Wildman–Crippen MR) is 64.9 cm³/mol. The maximum Gasteiger partial charge on any atom is 0.259 e. The number of hydrazine groups is 1. The van der Waals surface area contributed by atoms with Gasteiger partial charge in [-0.15, -0.1) is 0 Å². The van der Waals surface area contributed by atoms with E-state index in [-0.39, 0.29) is 5.91 Å². The molecule has 1 heterocycles. The van der Waals surface area contributed by atoms with E-state index in [9.17, 15) is 4.79 Å². The number of hydrogen-bond donors (Lipinski definition) is 3. The van der Waals surface area contributed by atoms with Crippen LogP contribution in [-0.4, -0.2) is 20.7 Å². The third kappa shape index (κ3) is 2.67. The number of carbonyl (C=O) groups is 1. The topological polar surface area (TPSA) is 106 Å². The molecule has 0 saturated carbocycles. The van der Waals surface area contributed by atoms with E-state index in [1.165, 1.54) is 6.07 Å². The Labute approximate surface area is 105 Å². The fourth-order valence-electron chi connectivity index (χ4n) is 1.18. The van der Waals surface area contributed by atoms with Crippen LogP contribution in [0.3, 0.4) is 0 Å². The monoisotopic (exact) mass is 270 g/mol. The number of carbonyl (C=O) groups excluding carboxylic acids is 1. The Bertz CT molecular complexity index is 531. The van der Waals surface area contributed by atoms with Crippen LogP contribution in [0.4, 0.5) is 10.8 Å². The van der Waals surface area contributed by atoms with Gasteiger partial charge in [-0.25, -0.2) is 0 Å². The molecule has 0 spiro atoms. The highest BCUT2D eigenvalue weighted by atomic mass is 35.5. The van der Waals surface area contributed by atoms with Gasteiger partial charge in [0, 0.05) is 16.6 Å². The van der Waals surface area contributed by atoms with Crippen molar-refractivity contribution in [2.75, 3.05) is 10.7 Å². The second-order valence-corrected chi connectivity index (χ2v) is 4.12. The van der Waals surface area contributed by atoms with Gasteiger partial charge in [0.15, 0.2) is 0 Å². The van der Waals surface area contributed by atoms with Gasteiger partial charge in [-0.05, 0) is 23.4 Å². The van der Waals surface area contributed by atoms with Gasteiger partial charge in [-0.1, -0.05) is 21.2 Å². The summed E-state index contributed by atoms with van der Waals surface area (Å²) in [6.07, 6.45) is 0. The summed E-state index contributed by atoms with van der Waals surface area (Å²) in [7, 11) is 0. The van der Waals surface area contributed by atoms with Crippen molar-refractivity contribution in [3.8, 4) is 0 Å². The lowest BCUT2D eigenvalue weighted by molar-refractivity contribution is 0.102. The third-order valence-electron chi connectivity index (χ3n) is 1.90. The number of nitrogens with two attached hydrogens (primary N) is 1. The smallest absolute Gasteiger partial charge is 0.259 e. The van der Waals surface area contributed by atoms with Crippen LogP contribution < -0.4 is 16.6 Å². The van der Waals surface area contributed by atoms with Crippen LogP contribution in [0.25, 0.3) is 0 Å². The predicted octanol–water partition coefficient (Wildman–Crippen LogP) is 1.12. The molecule has 1 amide bonds. The zero-order valence-corrected chi connectivity index (χ0v) is 9.92. The molecule has 17 heavy (non-hydrogen) atoms. The summed E-state index contributed by atoms with van der Waals surface area (Å²) < 4.78 is 3.53. The average molecular weight is 271 g/mol. The van der Waals surface area contributed by atoms with E-state index in [1.807, 2.05) is 0 Å². The fourth-order valence-corrected chi connectivity index (χ4v) is 1.71. The van der Waals surface area contributed by atoms with Gasteiger partial charge in [-0.2, -0.15) is 0 Å². The third-order valence-corrected chi connectivity index (χ3v) is 2.65. The molecule has 0 fully saturated rings. The second kappa shape index (κ2) is 5.04. The van der Waals surface area contributed by atoms with Gasteiger partial charge in [0.05, 0.1) is 11.3 Å². The molecule has 9 heteroatoms. The van der Waals surface area contributed by atoms with Crippen LogP contribution >= 0.6 is 23.1 Å². The minimum absolute atomic E-state index is 0.304. The first-order valence-electron chi connectivity index (χ1n) is 4.43. The van der Waals surface area contributed by atoms with Crippen molar-refractivity contribution >= 4 is 39.9 Å². The molecule has 4 N–H and O–H groups in total. The van der Waals surface area contributed by atoms with E-state index in [2.05, 4.69) is 25.5 Å². The Morgan fingerprint density at radius 1 is 1.47 bits per heavy atom. The largest absolute Gasteiger partial charge is 0.323 e. The molecule has 0 unspecified atom stereocenters. The second-order valence-electron chi connectivity index (χ2n) is 2.96. The molecule has 0 aliphatic carbocycles. The Morgan fingerprint density at radius 3 is 2.94 bits per heavy atom. The molecule has 7 nitrogen and oxygen atoms in total. The molecular weight excluding hydrogens is 264 g/mol. The molecule has 0 aliphatic rings. The van der Waals surface area contributed by atoms with Gasteiger partial charge in [0.1, 0.15) is 0 Å². The van der Waals surface area contributed by atoms with Crippen molar-refractivity contribution in [1.29, 1.82) is 0 Å². The van der Waals surface area contributed by atoms with Crippen LogP contribution in [0.2, 0.25) is 5.02 Å². The lowest BCUT2D eigenvalue weighted by atomic mass is 10.1. The molecule has 0 atom stereocenters. The number of amides is 1. The quantitative estimate of drug-likeness (QED) is 0.570. The number of rotatable bonds is 3. The van der Waals surface area contributed by atoms with Gasteiger partial charge in [0.25, 0.3) is 5.91 Å². The Morgan fingerprint density at radius 2 is 2.29 bits per heavy atom. The molecule has 1 aromatic heterocycles. The Hall–Kier alpha value is -1.77. The van der Waals surface area contributed by atoms with E-state index in [0.717, 1.165) is 11.5 Å². The van der Waals surface area contributed by atoms with Gasteiger partial charge in [-0.3, -0.25) is 16.0 Å². The molecule has 88 valence electrons. The van der Waals surface area contributed by atoms with E-state index in [1.54, 1.807) is 12.1 Å². The van der Waals surface area contributed by atoms with Crippen LogP contribution in [0.15, 0.2) is 18.2 Å². The van der Waals surface area contributed by atoms with Crippen LogP contribution in [0.5, 0.6) is 0 Å². The number of hydrogen-bond acceptors (Lipinski definition) is 7. The summed E-state index contributed by atoms with van der Waals surface area (Å²) in [6.45, 7) is 0. The first kappa shape index (κ1) is 11.7. The average Bonchev–Trinajstić information content (AvgIpc) is 2.81. The number of aromatic nitrogens is 3. The summed E-state index contributed by atoms with van der Waals surface area (Å²) in [5, 5.41) is 10.2. The van der Waals surface area contributed by atoms with Crippen LogP contribution in [0, 0.1) is 0 Å². The zero-order valence-electron chi connectivity index (χ0n) is 8.35. The van der Waals surface area contributed by atoms with Gasteiger partial charge < -0.3 is 5.43 Å². The van der Waals surface area contributed by atoms with Crippen LogP contribution in [0.1, 0.15) is 10.4 Å². The highest BCUT2D eigenvalue weighted by Gasteiger charge is 2.13. The number of benzene rings is 1. The fraction of sp³-hybridized carbons (Fsp3) is 0. The van der Waals surface area contributed by atoms with Crippen molar-refractivity contribution in [3.05, 3.63) is 28.8 Å². The molecule has 2 aromatic rings. The SMILES string of the molecule is NNc1ccc(Cl)cc1C(=O)Nc1nnns1. The number of nitrogen functional groups attached to an aromatic ring is 1. The van der Waals surface area contributed by atoms with Crippen molar-refractivity contribution in [3.63, 3.8) is 0 Å². The van der Waals surface area contributed by atoms with Gasteiger partial charge in [0.2, 0.25) is 5.13 Å². The summed E-state index contributed by atoms with van der Waals surface area (Å²) in [5.74, 6) is 4.91. The molecule has 0 bridgehead atoms. The minimum Gasteiger partial charge on any atom is -0.323 e. The first-order valence-corrected chi connectivity index (χ1v) is 5.58. The molecule has 2 rings (SSSR count). The highest BCUT2D eigenvalue weighted by molar-refractivity contribution is 7.09. The summed E-state index contributed by atoms with van der Waals surface area (Å²) in [5.41, 5.74) is 3.19. The van der Waals surface area contributed by atoms with E-state index in [0.29, 0.717) is 21.4 Å². The van der Waals surface area contributed by atoms with E-state index in [4.69, 9.17) is 17.4 Å². The highest BCUT2D eigenvalue weighted by Crippen LogP contribution is 2.21. The van der Waals surface area contributed by atoms with E-state index < -0.39 is 0 Å². The van der Waals surface area contributed by atoms with Crippen molar-refractivity contribution in [2.45, 2.75) is 0 Å². The summed E-state index contributed by atoms with van der Waals surface area (Å²) in [6, 6.07) is 4.73. The summed E-state index contributed by atoms with van der Waals surface area (Å²) >= 11 is 6.79. The lowest BCUT2D eigenvalue weighted by Crippen LogP contribution is -2.17. The summed E-state index contributed by atoms with van der Waals surface area (Å²) in [4.78, 5) is 11.9. The van der Waals surface area contributed by atoms with Crippen molar-refractivity contribution in [2.24, 2.45) is 5.84 Å². The van der Waals surface area contributed by atoms with Crippen molar-refractivity contribution < 1.29 is 4.79 Å². The van der Waals surface area contributed by atoms with Crippen LogP contribution in [-0.2, 0) is 0 Å². The number of anilines is 2. The lowest BCUT2D eigenvalue weighted by Gasteiger charge is -2.07. The zero-order chi connectivity index (χ0) is 12.3. The maximum absolute atomic E-state index is 11.9. The maximum atomic E-state index is 11.9. The molecular formula is C8H7ClN6OS. The molecule has 0 radical (unpaired) electrons. The molecule has 0 saturated heterocycles. The van der Waals surface area contributed by atoms with Crippen molar-refractivity contribution in [1.82, 2.24) is 14.8 Å². The Balaban J connectivity index is 2.26. The number of nitrogens with one attached hydrogen (secondary N) is 2. The number of nitrogens with zero attached hydrogens (tertiary/aromatic N) is 3. The standard InChI is InChI=1S/C8H7ClN6OS/c9-4-1-2-6(12-10)5(3-4)7(16)11-8-13-14-15-17-8/h1-3,12H,10H2,(H,11,13,15,16). The van der Waals surface area contributed by atoms with E-state index >= 15 is 0 Å². The minimum atomic E-state index is -0.390.